The van der Waals surface area contributed by atoms with Crippen LogP contribution in [0.2, 0.25) is 5.02 Å². The standard InChI is InChI=1S/C14H9ClFN3O2/c15-11-5-9(7-17)1-3-13(11)18-8-10-2-4-14(19(20)21)12(16)6-10/h1-6,18H,8H2. The van der Waals surface area contributed by atoms with Gasteiger partial charge in [0.2, 0.25) is 5.82 Å². The average molecular weight is 306 g/mol. The number of nitro groups is 1. The molecule has 0 aliphatic heterocycles. The summed E-state index contributed by atoms with van der Waals surface area (Å²) in [6.07, 6.45) is 0. The molecule has 1 N–H and O–H groups in total. The van der Waals surface area contributed by atoms with Gasteiger partial charge in [-0.15, -0.1) is 0 Å². The van der Waals surface area contributed by atoms with Gasteiger partial charge in [0.1, 0.15) is 0 Å². The Labute approximate surface area is 124 Å². The van der Waals surface area contributed by atoms with E-state index in [-0.39, 0.29) is 6.54 Å². The van der Waals surface area contributed by atoms with Crippen LogP contribution in [0.4, 0.5) is 15.8 Å². The molecule has 0 aromatic heterocycles. The van der Waals surface area contributed by atoms with E-state index < -0.39 is 16.4 Å². The summed E-state index contributed by atoms with van der Waals surface area (Å²) in [6.45, 7) is 0.251. The second-order valence-corrected chi connectivity index (χ2v) is 4.61. The zero-order valence-corrected chi connectivity index (χ0v) is 11.4. The highest BCUT2D eigenvalue weighted by molar-refractivity contribution is 6.33. The lowest BCUT2D eigenvalue weighted by atomic mass is 10.2. The molecule has 0 fully saturated rings. The van der Waals surface area contributed by atoms with Crippen LogP contribution in [-0.2, 0) is 6.54 Å². The number of benzene rings is 2. The topological polar surface area (TPSA) is 79.0 Å². The van der Waals surface area contributed by atoms with Crippen molar-refractivity contribution in [2.45, 2.75) is 6.54 Å². The highest BCUT2D eigenvalue weighted by atomic mass is 35.5. The van der Waals surface area contributed by atoms with Crippen molar-refractivity contribution in [3.8, 4) is 6.07 Å². The molecule has 0 saturated carbocycles. The number of hydrogen-bond donors (Lipinski definition) is 1. The molecule has 106 valence electrons. The Kier molecular flexibility index (Phi) is 4.36. The Bertz CT molecular complexity index is 743. The van der Waals surface area contributed by atoms with E-state index in [9.17, 15) is 14.5 Å². The summed E-state index contributed by atoms with van der Waals surface area (Å²) in [7, 11) is 0. The van der Waals surface area contributed by atoms with Gasteiger partial charge in [0, 0.05) is 12.6 Å². The van der Waals surface area contributed by atoms with Gasteiger partial charge in [-0.3, -0.25) is 10.1 Å². The van der Waals surface area contributed by atoms with Crippen molar-refractivity contribution in [3.63, 3.8) is 0 Å². The Morgan fingerprint density at radius 2 is 2.10 bits per heavy atom. The number of nitriles is 1. The van der Waals surface area contributed by atoms with Gasteiger partial charge < -0.3 is 5.32 Å². The first-order valence-electron chi connectivity index (χ1n) is 5.87. The monoisotopic (exact) mass is 305 g/mol. The maximum atomic E-state index is 13.5. The predicted octanol–water partition coefficient (Wildman–Crippen LogP) is 3.87. The summed E-state index contributed by atoms with van der Waals surface area (Å²) in [5, 5.41) is 22.6. The summed E-state index contributed by atoms with van der Waals surface area (Å²) >= 11 is 6.00. The number of nitro benzene ring substituents is 1. The quantitative estimate of drug-likeness (QED) is 0.687. The van der Waals surface area contributed by atoms with E-state index in [0.29, 0.717) is 21.8 Å². The molecule has 0 unspecified atom stereocenters. The number of hydrogen-bond acceptors (Lipinski definition) is 4. The van der Waals surface area contributed by atoms with Crippen molar-refractivity contribution in [1.29, 1.82) is 5.26 Å². The smallest absolute Gasteiger partial charge is 0.304 e. The number of nitrogens with one attached hydrogen (secondary N) is 1. The third-order valence-electron chi connectivity index (χ3n) is 2.79. The number of nitrogens with zero attached hydrogens (tertiary/aromatic N) is 2. The van der Waals surface area contributed by atoms with Gasteiger partial charge >= 0.3 is 5.69 Å². The SMILES string of the molecule is N#Cc1ccc(NCc2ccc([N+](=O)[O-])c(F)c2)c(Cl)c1. The third-order valence-corrected chi connectivity index (χ3v) is 3.10. The molecule has 0 saturated heterocycles. The largest absolute Gasteiger partial charge is 0.380 e. The molecular formula is C14H9ClFN3O2. The van der Waals surface area contributed by atoms with Crippen LogP contribution in [0, 0.1) is 27.3 Å². The van der Waals surface area contributed by atoms with Crippen LogP contribution in [0.25, 0.3) is 0 Å². The van der Waals surface area contributed by atoms with E-state index in [2.05, 4.69) is 5.32 Å². The molecule has 0 aliphatic rings. The molecule has 0 heterocycles. The van der Waals surface area contributed by atoms with Crippen LogP contribution in [-0.4, -0.2) is 4.92 Å². The summed E-state index contributed by atoms with van der Waals surface area (Å²) in [4.78, 5) is 9.75. The van der Waals surface area contributed by atoms with E-state index in [0.717, 1.165) is 12.1 Å². The van der Waals surface area contributed by atoms with E-state index in [1.54, 1.807) is 12.1 Å². The molecule has 0 amide bonds. The van der Waals surface area contributed by atoms with E-state index >= 15 is 0 Å². The fourth-order valence-electron chi connectivity index (χ4n) is 1.73. The van der Waals surface area contributed by atoms with Crippen LogP contribution < -0.4 is 5.32 Å². The number of anilines is 1. The summed E-state index contributed by atoms with van der Waals surface area (Å²) in [5.74, 6) is -0.884. The van der Waals surface area contributed by atoms with Gasteiger partial charge in [-0.05, 0) is 29.8 Å². The first-order chi connectivity index (χ1) is 10.0. The first kappa shape index (κ1) is 14.8. The van der Waals surface area contributed by atoms with Crippen LogP contribution >= 0.6 is 11.6 Å². The lowest BCUT2D eigenvalue weighted by Gasteiger charge is -2.08. The Morgan fingerprint density at radius 3 is 2.67 bits per heavy atom. The van der Waals surface area contributed by atoms with Gasteiger partial charge in [0.25, 0.3) is 0 Å². The number of rotatable bonds is 4. The maximum absolute atomic E-state index is 13.5. The zero-order valence-electron chi connectivity index (χ0n) is 10.6. The second-order valence-electron chi connectivity index (χ2n) is 4.20. The molecule has 0 atom stereocenters. The summed E-state index contributed by atoms with van der Waals surface area (Å²) in [5.41, 5.74) is 1.01. The zero-order chi connectivity index (χ0) is 15.4. The third kappa shape index (κ3) is 3.46. The van der Waals surface area contributed by atoms with Gasteiger partial charge in [-0.2, -0.15) is 9.65 Å². The van der Waals surface area contributed by atoms with E-state index in [1.165, 1.54) is 12.1 Å². The Morgan fingerprint density at radius 1 is 1.33 bits per heavy atom. The minimum Gasteiger partial charge on any atom is -0.380 e. The molecule has 2 aromatic rings. The minimum absolute atomic E-state index is 0.251. The highest BCUT2D eigenvalue weighted by Gasteiger charge is 2.13. The van der Waals surface area contributed by atoms with E-state index in [1.807, 2.05) is 6.07 Å². The fraction of sp³-hybridized carbons (Fsp3) is 0.0714. The van der Waals surface area contributed by atoms with Gasteiger partial charge in [-0.25, -0.2) is 0 Å². The van der Waals surface area contributed by atoms with Crippen LogP contribution in [0.15, 0.2) is 36.4 Å². The Hall–Kier alpha value is -2.65. The molecule has 0 aliphatic carbocycles. The van der Waals surface area contributed by atoms with Gasteiger partial charge in [0.05, 0.1) is 27.3 Å². The van der Waals surface area contributed by atoms with Crippen LogP contribution in [0.5, 0.6) is 0 Å². The van der Waals surface area contributed by atoms with Crippen molar-refractivity contribution >= 4 is 23.0 Å². The fourth-order valence-corrected chi connectivity index (χ4v) is 1.98. The maximum Gasteiger partial charge on any atom is 0.304 e. The number of halogens is 2. The van der Waals surface area contributed by atoms with Crippen LogP contribution in [0.1, 0.15) is 11.1 Å². The second kappa shape index (κ2) is 6.20. The minimum atomic E-state index is -0.884. The summed E-state index contributed by atoms with van der Waals surface area (Å²) in [6, 6.07) is 10.4. The average Bonchev–Trinajstić information content (AvgIpc) is 2.45. The molecule has 7 heteroatoms. The molecule has 0 spiro atoms. The van der Waals surface area contributed by atoms with Crippen molar-refractivity contribution < 1.29 is 9.31 Å². The van der Waals surface area contributed by atoms with Gasteiger partial charge in [0.15, 0.2) is 0 Å². The van der Waals surface area contributed by atoms with Crippen molar-refractivity contribution in [1.82, 2.24) is 0 Å². The normalized spacial score (nSPS) is 9.95. The molecule has 2 aromatic carbocycles. The lowest BCUT2D eigenvalue weighted by Crippen LogP contribution is -2.01. The molecular weight excluding hydrogens is 297 g/mol. The van der Waals surface area contributed by atoms with Crippen molar-refractivity contribution in [3.05, 3.63) is 68.5 Å². The lowest BCUT2D eigenvalue weighted by molar-refractivity contribution is -0.387. The van der Waals surface area contributed by atoms with E-state index in [4.69, 9.17) is 16.9 Å². The summed E-state index contributed by atoms with van der Waals surface area (Å²) < 4.78 is 13.5. The molecule has 0 bridgehead atoms. The Balaban J connectivity index is 2.12. The molecule has 0 radical (unpaired) electrons. The predicted molar refractivity (Wildman–Crippen MR) is 76.5 cm³/mol. The molecule has 5 nitrogen and oxygen atoms in total. The first-order valence-corrected chi connectivity index (χ1v) is 6.25. The highest BCUT2D eigenvalue weighted by Crippen LogP contribution is 2.24. The van der Waals surface area contributed by atoms with Crippen LogP contribution in [0.3, 0.4) is 0 Å². The van der Waals surface area contributed by atoms with Crippen molar-refractivity contribution in [2.24, 2.45) is 0 Å². The molecule has 2 rings (SSSR count). The molecule has 21 heavy (non-hydrogen) atoms. The van der Waals surface area contributed by atoms with Gasteiger partial charge in [-0.1, -0.05) is 17.7 Å². The van der Waals surface area contributed by atoms with Crippen molar-refractivity contribution in [2.75, 3.05) is 5.32 Å².